The summed E-state index contributed by atoms with van der Waals surface area (Å²) in [6, 6.07) is 10.1. The van der Waals surface area contributed by atoms with E-state index in [9.17, 15) is 39.9 Å². The lowest BCUT2D eigenvalue weighted by Gasteiger charge is -2.25. The molecule has 4 atom stereocenters. The SMILES string of the molecule is CCCCCCCCCCC/C=C/CC(CC(=O)OCCOCCOCCN(CCOCCOC(=O)CC(C/C=C/CCCCCCCCCCC)C(=O)O)c1ccc(N=NC2SC(C#N)=C(C)C2C#N)c(C)c1)C(=O)O. The minimum Gasteiger partial charge on any atom is -0.481 e. The van der Waals surface area contributed by atoms with Crippen molar-refractivity contribution in [1.29, 1.82) is 10.5 Å². The molecule has 1 aromatic carbocycles. The zero-order chi connectivity index (χ0) is 56.1. The number of carbonyl (C=O) groups is 4. The van der Waals surface area contributed by atoms with Crippen molar-refractivity contribution < 1.29 is 53.1 Å². The number of nitriles is 2. The number of benzene rings is 1. The molecule has 430 valence electrons. The number of carbonyl (C=O) groups excluding carboxylic acids is 2. The van der Waals surface area contributed by atoms with Crippen molar-refractivity contribution in [3.63, 3.8) is 0 Å². The zero-order valence-corrected chi connectivity index (χ0v) is 47.9. The summed E-state index contributed by atoms with van der Waals surface area (Å²) in [4.78, 5) is 51.3. The molecule has 1 heterocycles. The van der Waals surface area contributed by atoms with Gasteiger partial charge in [-0.25, -0.2) is 0 Å². The van der Waals surface area contributed by atoms with Crippen LogP contribution in [0.25, 0.3) is 0 Å². The number of allylic oxidation sites excluding steroid dienone is 5. The second-order valence-corrected chi connectivity index (χ2v) is 20.9. The number of anilines is 1. The van der Waals surface area contributed by atoms with Crippen LogP contribution in [0.15, 0.2) is 63.2 Å². The Labute approximate surface area is 465 Å². The third kappa shape index (κ3) is 32.4. The maximum absolute atomic E-state index is 12.6. The molecule has 77 heavy (non-hydrogen) atoms. The van der Waals surface area contributed by atoms with Crippen molar-refractivity contribution in [1.82, 2.24) is 0 Å². The normalized spacial score (nSPS) is 15.3. The molecule has 1 aliphatic rings. The Morgan fingerprint density at radius 1 is 0.636 bits per heavy atom. The molecule has 2 N–H and O–H groups in total. The van der Waals surface area contributed by atoms with Crippen LogP contribution in [0.5, 0.6) is 0 Å². The molecule has 0 saturated heterocycles. The molecule has 0 bridgehead atoms. The summed E-state index contributed by atoms with van der Waals surface area (Å²) in [5, 5.41) is 46.9. The van der Waals surface area contributed by atoms with Gasteiger partial charge in [0.2, 0.25) is 0 Å². The lowest BCUT2D eigenvalue weighted by atomic mass is 10.0. The number of nitrogens with zero attached hydrogens (tertiary/aromatic N) is 5. The number of carboxylic acids is 2. The fourth-order valence-corrected chi connectivity index (χ4v) is 9.71. The van der Waals surface area contributed by atoms with Crippen LogP contribution in [0.2, 0.25) is 0 Å². The monoisotopic (exact) mass is 1090 g/mol. The van der Waals surface area contributed by atoms with E-state index in [2.05, 4.69) is 41.1 Å². The van der Waals surface area contributed by atoms with Crippen molar-refractivity contribution in [2.24, 2.45) is 28.0 Å². The molecule has 0 aromatic heterocycles. The van der Waals surface area contributed by atoms with Gasteiger partial charge in [0.25, 0.3) is 0 Å². The van der Waals surface area contributed by atoms with Crippen LogP contribution in [-0.2, 0) is 42.9 Å². The maximum atomic E-state index is 12.6. The van der Waals surface area contributed by atoms with Crippen molar-refractivity contribution in [2.45, 2.75) is 187 Å². The maximum Gasteiger partial charge on any atom is 0.307 e. The number of aryl methyl sites for hydroxylation is 1. The number of esters is 2. The van der Waals surface area contributed by atoms with Gasteiger partial charge < -0.3 is 38.8 Å². The molecular formula is C60H93N5O11S. The van der Waals surface area contributed by atoms with E-state index in [0.29, 0.717) is 35.9 Å². The second-order valence-electron chi connectivity index (χ2n) is 19.8. The topological polar surface area (TPSA) is 230 Å². The number of hydrogen-bond donors (Lipinski definition) is 2. The summed E-state index contributed by atoms with van der Waals surface area (Å²) in [5.74, 6) is -5.46. The van der Waals surface area contributed by atoms with Crippen LogP contribution in [0.3, 0.4) is 0 Å². The number of thioether (sulfide) groups is 1. The lowest BCUT2D eigenvalue weighted by Crippen LogP contribution is -2.31. The molecule has 0 spiro atoms. The first-order valence-corrected chi connectivity index (χ1v) is 29.6. The number of rotatable bonds is 48. The van der Waals surface area contributed by atoms with E-state index in [1.165, 1.54) is 114 Å². The van der Waals surface area contributed by atoms with Crippen molar-refractivity contribution in [3.05, 3.63) is 58.5 Å². The summed E-state index contributed by atoms with van der Waals surface area (Å²) >= 11 is 1.24. The van der Waals surface area contributed by atoms with Crippen molar-refractivity contribution in [2.75, 3.05) is 70.8 Å². The average molecular weight is 1090 g/mol. The Morgan fingerprint density at radius 3 is 1.51 bits per heavy atom. The fraction of sp³-hybridized carbons (Fsp3) is 0.700. The van der Waals surface area contributed by atoms with Crippen LogP contribution in [-0.4, -0.2) is 105 Å². The number of ether oxygens (including phenoxy) is 5. The number of aliphatic carboxylic acids is 2. The van der Waals surface area contributed by atoms with E-state index in [1.807, 2.05) is 49.4 Å². The third-order valence-electron chi connectivity index (χ3n) is 13.4. The Hall–Kier alpha value is -5.07. The van der Waals surface area contributed by atoms with E-state index >= 15 is 0 Å². The predicted octanol–water partition coefficient (Wildman–Crippen LogP) is 13.9. The molecule has 2 rings (SSSR count). The Balaban J connectivity index is 1.80. The molecule has 1 aromatic rings. The molecule has 0 fully saturated rings. The summed E-state index contributed by atoms with van der Waals surface area (Å²) in [6.07, 6.45) is 32.1. The first-order valence-electron chi connectivity index (χ1n) is 28.7. The molecular weight excluding hydrogens is 999 g/mol. The molecule has 0 aliphatic carbocycles. The van der Waals surface area contributed by atoms with Gasteiger partial charge in [-0.1, -0.05) is 153 Å². The fourth-order valence-electron chi connectivity index (χ4n) is 8.61. The standard InChI is InChI=1S/C60H93N5O11S/c1-5-7-9-11-13-15-17-19-21-23-25-27-29-50(59(68)69)44-56(66)75-41-39-73-36-34-65(52-31-32-54(48(3)43-52)63-64-58-53(46-61)49(4)55(47-62)77-58)33-35-72-37-38-74-40-42-76-57(67)45-51(60(70)71)30-28-26-24-22-20-18-16-14-12-10-8-6-2/h25-28,31-32,43,50-51,53,58H,5-24,29-30,33-42,44-45H2,1-4H3,(H,68,69)(H,70,71)/b27-25+,28-26+,64-63?. The van der Waals surface area contributed by atoms with Gasteiger partial charge in [-0.05, 0) is 81.7 Å². The van der Waals surface area contributed by atoms with E-state index in [-0.39, 0.29) is 71.9 Å². The van der Waals surface area contributed by atoms with Gasteiger partial charge in [-0.15, -0.1) is 0 Å². The minimum absolute atomic E-state index is 0.00268. The van der Waals surface area contributed by atoms with Crippen molar-refractivity contribution >= 4 is 47.0 Å². The summed E-state index contributed by atoms with van der Waals surface area (Å²) < 4.78 is 28.0. The highest BCUT2D eigenvalue weighted by molar-refractivity contribution is 8.04. The minimum atomic E-state index is -1.03. The van der Waals surface area contributed by atoms with Crippen LogP contribution in [0, 0.1) is 47.3 Å². The summed E-state index contributed by atoms with van der Waals surface area (Å²) in [7, 11) is 0. The Kier molecular flexibility index (Phi) is 39.6. The molecule has 0 saturated carbocycles. The number of unbranched alkanes of at least 4 members (excludes halogenated alkanes) is 18. The molecule has 4 unspecified atom stereocenters. The number of azo groups is 1. The highest BCUT2D eigenvalue weighted by Gasteiger charge is 2.34. The first kappa shape index (κ1) is 68.0. The summed E-state index contributed by atoms with van der Waals surface area (Å²) in [6.45, 7) is 10.4. The van der Waals surface area contributed by atoms with E-state index in [0.717, 1.165) is 36.9 Å². The van der Waals surface area contributed by atoms with Gasteiger partial charge >= 0.3 is 23.9 Å². The number of carboxylic acid groups (broad SMARTS) is 2. The Morgan fingerprint density at radius 2 is 1.08 bits per heavy atom. The molecule has 1 aliphatic heterocycles. The molecule has 0 radical (unpaired) electrons. The van der Waals surface area contributed by atoms with Gasteiger partial charge in [-0.3, -0.25) is 19.2 Å². The predicted molar refractivity (Wildman–Crippen MR) is 304 cm³/mol. The van der Waals surface area contributed by atoms with Crippen molar-refractivity contribution in [3.8, 4) is 12.1 Å². The van der Waals surface area contributed by atoms with Gasteiger partial charge in [0.05, 0.1) is 81.0 Å². The highest BCUT2D eigenvalue weighted by Crippen LogP contribution is 2.42. The third-order valence-corrected chi connectivity index (χ3v) is 14.7. The van der Waals surface area contributed by atoms with Crippen LogP contribution in [0.4, 0.5) is 11.4 Å². The van der Waals surface area contributed by atoms with Gasteiger partial charge in [-0.2, -0.15) is 20.8 Å². The zero-order valence-electron chi connectivity index (χ0n) is 47.1. The second kappa shape index (κ2) is 44.9. The van der Waals surface area contributed by atoms with Crippen LogP contribution < -0.4 is 4.90 Å². The van der Waals surface area contributed by atoms with Gasteiger partial charge in [0, 0.05) is 18.8 Å². The first-order chi connectivity index (χ1) is 37.4. The highest BCUT2D eigenvalue weighted by atomic mass is 32.2. The Bertz CT molecular complexity index is 2030. The number of hydrogen-bond acceptors (Lipinski definition) is 15. The van der Waals surface area contributed by atoms with E-state index in [4.69, 9.17) is 23.7 Å². The van der Waals surface area contributed by atoms with E-state index in [1.54, 1.807) is 6.92 Å². The average Bonchev–Trinajstić information content (AvgIpc) is 3.74. The quantitative estimate of drug-likeness (QED) is 0.0267. The van der Waals surface area contributed by atoms with Crippen LogP contribution in [0.1, 0.15) is 180 Å². The largest absolute Gasteiger partial charge is 0.481 e. The molecule has 16 nitrogen and oxygen atoms in total. The van der Waals surface area contributed by atoms with Gasteiger partial charge in [0.15, 0.2) is 0 Å². The smallest absolute Gasteiger partial charge is 0.307 e. The molecule has 17 heteroatoms. The summed E-state index contributed by atoms with van der Waals surface area (Å²) in [5.41, 5.74) is 3.02. The lowest BCUT2D eigenvalue weighted by molar-refractivity contribution is -0.152. The van der Waals surface area contributed by atoms with Crippen LogP contribution >= 0.6 is 11.8 Å². The van der Waals surface area contributed by atoms with E-state index < -0.39 is 47.0 Å². The molecule has 0 amide bonds. The van der Waals surface area contributed by atoms with Gasteiger partial charge in [0.1, 0.15) is 30.6 Å².